The molecule has 0 amide bonds. The van der Waals surface area contributed by atoms with E-state index in [1.165, 1.54) is 0 Å². The van der Waals surface area contributed by atoms with Crippen LogP contribution in [0, 0.1) is 13.8 Å². The number of aryl methyl sites for hydroxylation is 2. The van der Waals surface area contributed by atoms with Crippen molar-refractivity contribution in [1.29, 1.82) is 0 Å². The second kappa shape index (κ2) is 6.35. The fraction of sp³-hybridized carbons (Fsp3) is 0.312. The first-order valence-corrected chi connectivity index (χ1v) is 6.67. The number of hydrogen-bond acceptors (Lipinski definition) is 4. The second-order valence-corrected chi connectivity index (χ2v) is 4.93. The van der Waals surface area contributed by atoms with E-state index in [9.17, 15) is 9.90 Å². The van der Waals surface area contributed by atoms with Crippen LogP contribution in [0.3, 0.4) is 0 Å². The Balaban J connectivity index is 2.30. The molecule has 1 unspecified atom stereocenters. The Morgan fingerprint density at radius 2 is 1.95 bits per heavy atom. The molecule has 2 aromatic rings. The minimum absolute atomic E-state index is 0.373. The summed E-state index contributed by atoms with van der Waals surface area (Å²) in [6, 6.07) is 7.38. The van der Waals surface area contributed by atoms with Crippen molar-refractivity contribution in [3.8, 4) is 5.75 Å². The van der Waals surface area contributed by atoms with Crippen molar-refractivity contribution in [2.45, 2.75) is 26.2 Å². The Kier molecular flexibility index (Phi) is 4.52. The Labute approximate surface area is 123 Å². The van der Waals surface area contributed by atoms with Crippen LogP contribution in [-0.2, 0) is 11.2 Å². The van der Waals surface area contributed by atoms with E-state index in [1.807, 2.05) is 31.2 Å². The maximum absolute atomic E-state index is 11.6. The fourth-order valence-electron chi connectivity index (χ4n) is 2.18. The molecular formula is C16H18N2O3. The summed E-state index contributed by atoms with van der Waals surface area (Å²) >= 11 is 0. The number of benzene rings is 1. The van der Waals surface area contributed by atoms with Crippen molar-refractivity contribution in [1.82, 2.24) is 9.97 Å². The maximum Gasteiger partial charge on any atom is 0.313 e. The minimum Gasteiger partial charge on any atom is -0.497 e. The lowest BCUT2D eigenvalue weighted by Gasteiger charge is -2.14. The number of carboxylic acid groups (broad SMARTS) is 1. The molecule has 21 heavy (non-hydrogen) atoms. The Hall–Kier alpha value is -2.43. The van der Waals surface area contributed by atoms with Gasteiger partial charge in [0, 0.05) is 6.20 Å². The summed E-state index contributed by atoms with van der Waals surface area (Å²) in [6.07, 6.45) is 2.02. The number of aliphatic carboxylic acids is 1. The van der Waals surface area contributed by atoms with Crippen molar-refractivity contribution in [3.63, 3.8) is 0 Å². The van der Waals surface area contributed by atoms with Crippen molar-refractivity contribution >= 4 is 5.97 Å². The average molecular weight is 286 g/mol. The summed E-state index contributed by atoms with van der Waals surface area (Å²) < 4.78 is 5.10. The van der Waals surface area contributed by atoms with E-state index in [2.05, 4.69) is 9.97 Å². The van der Waals surface area contributed by atoms with Gasteiger partial charge in [-0.1, -0.05) is 12.1 Å². The highest BCUT2D eigenvalue weighted by Gasteiger charge is 2.24. The van der Waals surface area contributed by atoms with E-state index in [-0.39, 0.29) is 0 Å². The quantitative estimate of drug-likeness (QED) is 0.914. The summed E-state index contributed by atoms with van der Waals surface area (Å²) in [5.74, 6) is -0.850. The minimum atomic E-state index is -0.895. The van der Waals surface area contributed by atoms with Gasteiger partial charge in [0.05, 0.1) is 24.2 Å². The van der Waals surface area contributed by atoms with Crippen LogP contribution < -0.4 is 4.74 Å². The smallest absolute Gasteiger partial charge is 0.313 e. The Bertz CT molecular complexity index is 638. The predicted octanol–water partition coefficient (Wildman–Crippen LogP) is 2.51. The van der Waals surface area contributed by atoms with Crippen LogP contribution in [0.25, 0.3) is 0 Å². The largest absolute Gasteiger partial charge is 0.497 e. The van der Waals surface area contributed by atoms with Crippen LogP contribution in [0.4, 0.5) is 0 Å². The van der Waals surface area contributed by atoms with Crippen LogP contribution in [0.1, 0.15) is 28.6 Å². The molecule has 0 fully saturated rings. The molecule has 2 rings (SSSR count). The molecule has 0 aliphatic carbocycles. The van der Waals surface area contributed by atoms with Gasteiger partial charge in [-0.3, -0.25) is 14.8 Å². The van der Waals surface area contributed by atoms with Gasteiger partial charge in [-0.05, 0) is 38.0 Å². The van der Waals surface area contributed by atoms with Crippen LogP contribution in [0.5, 0.6) is 5.75 Å². The van der Waals surface area contributed by atoms with E-state index < -0.39 is 11.9 Å². The molecule has 0 saturated carbocycles. The Morgan fingerprint density at radius 3 is 2.52 bits per heavy atom. The molecular weight excluding hydrogens is 268 g/mol. The van der Waals surface area contributed by atoms with Gasteiger partial charge in [0.25, 0.3) is 0 Å². The van der Waals surface area contributed by atoms with Crippen LogP contribution in [-0.4, -0.2) is 28.2 Å². The van der Waals surface area contributed by atoms with Crippen molar-refractivity contribution in [2.24, 2.45) is 0 Å². The van der Waals surface area contributed by atoms with Crippen LogP contribution >= 0.6 is 0 Å². The average Bonchev–Trinajstić information content (AvgIpc) is 2.48. The molecule has 0 aliphatic heterocycles. The van der Waals surface area contributed by atoms with E-state index in [4.69, 9.17) is 4.74 Å². The van der Waals surface area contributed by atoms with Gasteiger partial charge in [-0.25, -0.2) is 0 Å². The van der Waals surface area contributed by atoms with Crippen molar-refractivity contribution in [2.75, 3.05) is 7.11 Å². The molecule has 0 saturated heterocycles. The van der Waals surface area contributed by atoms with E-state index >= 15 is 0 Å². The first-order chi connectivity index (χ1) is 10.0. The lowest BCUT2D eigenvalue weighted by Crippen LogP contribution is -2.18. The third-order valence-electron chi connectivity index (χ3n) is 3.34. The molecule has 0 bridgehead atoms. The zero-order valence-electron chi connectivity index (χ0n) is 12.3. The number of aromatic nitrogens is 2. The lowest BCUT2D eigenvalue weighted by atomic mass is 9.94. The van der Waals surface area contributed by atoms with Gasteiger partial charge in [0.2, 0.25) is 0 Å². The van der Waals surface area contributed by atoms with Gasteiger partial charge in [0.1, 0.15) is 11.7 Å². The number of rotatable bonds is 5. The van der Waals surface area contributed by atoms with Gasteiger partial charge in [0.15, 0.2) is 0 Å². The molecule has 0 radical (unpaired) electrons. The van der Waals surface area contributed by atoms with Crippen LogP contribution in [0.15, 0.2) is 30.5 Å². The fourth-order valence-corrected chi connectivity index (χ4v) is 2.18. The van der Waals surface area contributed by atoms with E-state index in [0.29, 0.717) is 17.8 Å². The van der Waals surface area contributed by atoms with Gasteiger partial charge >= 0.3 is 5.97 Å². The topological polar surface area (TPSA) is 72.3 Å². The standard InChI is InChI=1S/C16H18N2O3/c1-10-9-17-11(2)15(18-10)14(16(19)20)8-12-4-6-13(21-3)7-5-12/h4-7,9,14H,8H2,1-3H3,(H,19,20). The molecule has 5 heteroatoms. The zero-order chi connectivity index (χ0) is 15.4. The number of ether oxygens (including phenoxy) is 1. The number of methoxy groups -OCH3 is 1. The summed E-state index contributed by atoms with van der Waals surface area (Å²) in [5, 5.41) is 9.51. The highest BCUT2D eigenvalue weighted by Crippen LogP contribution is 2.23. The zero-order valence-corrected chi connectivity index (χ0v) is 12.3. The summed E-state index contributed by atoms with van der Waals surface area (Å²) in [4.78, 5) is 20.2. The lowest BCUT2D eigenvalue weighted by molar-refractivity contribution is -0.138. The SMILES string of the molecule is COc1ccc(CC(C(=O)O)c2nc(C)cnc2C)cc1. The normalized spacial score (nSPS) is 12.0. The Morgan fingerprint density at radius 1 is 1.29 bits per heavy atom. The van der Waals surface area contributed by atoms with E-state index in [0.717, 1.165) is 17.0 Å². The number of nitrogens with zero attached hydrogens (tertiary/aromatic N) is 2. The molecule has 1 N–H and O–H groups in total. The first-order valence-electron chi connectivity index (χ1n) is 6.67. The van der Waals surface area contributed by atoms with Gasteiger partial charge in [-0.2, -0.15) is 0 Å². The number of carboxylic acids is 1. The third-order valence-corrected chi connectivity index (χ3v) is 3.34. The molecule has 5 nitrogen and oxygen atoms in total. The maximum atomic E-state index is 11.6. The molecule has 0 spiro atoms. The number of hydrogen-bond donors (Lipinski definition) is 1. The van der Waals surface area contributed by atoms with Gasteiger partial charge < -0.3 is 9.84 Å². The molecule has 110 valence electrons. The summed E-state index contributed by atoms with van der Waals surface area (Å²) in [7, 11) is 1.60. The molecule has 1 heterocycles. The van der Waals surface area contributed by atoms with Crippen molar-refractivity contribution < 1.29 is 14.6 Å². The van der Waals surface area contributed by atoms with E-state index in [1.54, 1.807) is 20.2 Å². The highest BCUT2D eigenvalue weighted by molar-refractivity contribution is 5.76. The molecule has 0 aliphatic rings. The van der Waals surface area contributed by atoms with Crippen LogP contribution in [0.2, 0.25) is 0 Å². The first kappa shape index (κ1) is 15.0. The second-order valence-electron chi connectivity index (χ2n) is 4.93. The van der Waals surface area contributed by atoms with Gasteiger partial charge in [-0.15, -0.1) is 0 Å². The molecule has 1 atom stereocenters. The summed E-state index contributed by atoms with van der Waals surface area (Å²) in [6.45, 7) is 3.59. The third kappa shape index (κ3) is 3.56. The predicted molar refractivity (Wildman–Crippen MR) is 78.6 cm³/mol. The van der Waals surface area contributed by atoms with Crippen molar-refractivity contribution in [3.05, 3.63) is 53.1 Å². The molecule has 1 aromatic carbocycles. The number of carbonyl (C=O) groups is 1. The monoisotopic (exact) mass is 286 g/mol. The summed E-state index contributed by atoms with van der Waals surface area (Å²) in [5.41, 5.74) is 2.82. The molecule has 1 aromatic heterocycles. The highest BCUT2D eigenvalue weighted by atomic mass is 16.5.